The lowest BCUT2D eigenvalue weighted by atomic mass is 9.86. The Labute approximate surface area is 114 Å². The lowest BCUT2D eigenvalue weighted by molar-refractivity contribution is -0.142. The molecule has 0 radical (unpaired) electrons. The number of hydrogen-bond donors (Lipinski definition) is 3. The van der Waals surface area contributed by atoms with Gasteiger partial charge in [0, 0.05) is 19.0 Å². The second kappa shape index (κ2) is 8.41. The predicted molar refractivity (Wildman–Crippen MR) is 72.6 cm³/mol. The molecule has 3 N–H and O–H groups in total. The van der Waals surface area contributed by atoms with Crippen molar-refractivity contribution < 1.29 is 14.7 Å². The average Bonchev–Trinajstić information content (AvgIpc) is 2.39. The first-order valence-electron chi connectivity index (χ1n) is 6.84. The van der Waals surface area contributed by atoms with Crippen molar-refractivity contribution in [3.63, 3.8) is 0 Å². The second-order valence-electron chi connectivity index (χ2n) is 4.95. The molecule has 2 amide bonds. The quantitative estimate of drug-likeness (QED) is 0.506. The van der Waals surface area contributed by atoms with Crippen LogP contribution in [0.25, 0.3) is 0 Å². The van der Waals surface area contributed by atoms with Gasteiger partial charge in [0.2, 0.25) is 0 Å². The molecule has 0 heterocycles. The third-order valence-electron chi connectivity index (χ3n) is 3.45. The van der Waals surface area contributed by atoms with Crippen LogP contribution in [0.2, 0.25) is 0 Å². The first-order chi connectivity index (χ1) is 9.13. The van der Waals surface area contributed by atoms with Gasteiger partial charge < -0.3 is 15.7 Å². The van der Waals surface area contributed by atoms with Gasteiger partial charge in [0.05, 0.1) is 5.92 Å². The smallest absolute Gasteiger partial charge is 0.315 e. The summed E-state index contributed by atoms with van der Waals surface area (Å²) in [7, 11) is 0. The molecule has 0 aromatic carbocycles. The van der Waals surface area contributed by atoms with E-state index in [-0.39, 0.29) is 18.0 Å². The van der Waals surface area contributed by atoms with Crippen molar-refractivity contribution >= 4 is 12.0 Å². The molecule has 0 bridgehead atoms. The molecule has 0 aromatic rings. The largest absolute Gasteiger partial charge is 0.481 e. The topological polar surface area (TPSA) is 78.4 Å². The van der Waals surface area contributed by atoms with Crippen LogP contribution < -0.4 is 10.6 Å². The van der Waals surface area contributed by atoms with E-state index < -0.39 is 5.97 Å². The zero-order valence-electron chi connectivity index (χ0n) is 11.2. The Morgan fingerprint density at radius 1 is 1.21 bits per heavy atom. The number of urea groups is 1. The molecular formula is C14H22N2O3. The van der Waals surface area contributed by atoms with E-state index in [0.29, 0.717) is 19.4 Å². The number of nitrogens with one attached hydrogen (secondary N) is 2. The Morgan fingerprint density at radius 2 is 1.89 bits per heavy atom. The summed E-state index contributed by atoms with van der Waals surface area (Å²) >= 11 is 0. The van der Waals surface area contributed by atoms with Crippen molar-refractivity contribution in [2.75, 3.05) is 6.54 Å². The monoisotopic (exact) mass is 266 g/mol. The van der Waals surface area contributed by atoms with Crippen LogP contribution in [0.5, 0.6) is 0 Å². The number of hydrogen-bond acceptors (Lipinski definition) is 2. The zero-order chi connectivity index (χ0) is 14.1. The van der Waals surface area contributed by atoms with Gasteiger partial charge in [0.15, 0.2) is 0 Å². The first-order valence-corrected chi connectivity index (χ1v) is 6.84. The third kappa shape index (κ3) is 6.14. The molecule has 5 nitrogen and oxygen atoms in total. The van der Waals surface area contributed by atoms with Crippen molar-refractivity contribution in [2.45, 2.75) is 51.0 Å². The fourth-order valence-corrected chi connectivity index (χ4v) is 2.28. The number of aliphatic carboxylic acids is 1. The molecule has 1 aliphatic carbocycles. The number of carboxylic acids is 1. The van der Waals surface area contributed by atoms with Gasteiger partial charge in [-0.25, -0.2) is 4.79 Å². The van der Waals surface area contributed by atoms with Gasteiger partial charge >= 0.3 is 12.0 Å². The highest BCUT2D eigenvalue weighted by molar-refractivity contribution is 5.74. The summed E-state index contributed by atoms with van der Waals surface area (Å²) in [6.45, 7) is 0.623. The van der Waals surface area contributed by atoms with Gasteiger partial charge in [-0.2, -0.15) is 0 Å². The van der Waals surface area contributed by atoms with Crippen molar-refractivity contribution in [1.29, 1.82) is 0 Å². The van der Waals surface area contributed by atoms with E-state index >= 15 is 0 Å². The van der Waals surface area contributed by atoms with Crippen LogP contribution in [0.3, 0.4) is 0 Å². The van der Waals surface area contributed by atoms with Crippen molar-refractivity contribution in [3.05, 3.63) is 0 Å². The summed E-state index contributed by atoms with van der Waals surface area (Å²) in [6.07, 6.45) is 10.4. The SMILES string of the molecule is C#CCCCCNC(=O)NC1CCC(C(=O)O)CC1. The van der Waals surface area contributed by atoms with E-state index in [1.165, 1.54) is 0 Å². The third-order valence-corrected chi connectivity index (χ3v) is 3.45. The Hall–Kier alpha value is -1.70. The molecule has 106 valence electrons. The number of carbonyl (C=O) groups excluding carboxylic acids is 1. The minimum Gasteiger partial charge on any atom is -0.481 e. The molecule has 1 saturated carbocycles. The Morgan fingerprint density at radius 3 is 2.47 bits per heavy atom. The van der Waals surface area contributed by atoms with E-state index in [2.05, 4.69) is 16.6 Å². The summed E-state index contributed by atoms with van der Waals surface area (Å²) in [5.41, 5.74) is 0. The van der Waals surface area contributed by atoms with Gasteiger partial charge in [-0.05, 0) is 38.5 Å². The molecule has 5 heteroatoms. The van der Waals surface area contributed by atoms with Crippen LogP contribution in [0.1, 0.15) is 44.9 Å². The van der Waals surface area contributed by atoms with E-state index in [0.717, 1.165) is 32.1 Å². The molecule has 0 spiro atoms. The molecule has 0 unspecified atom stereocenters. The Kier molecular flexibility index (Phi) is 6.80. The van der Waals surface area contributed by atoms with Crippen molar-refractivity contribution in [1.82, 2.24) is 10.6 Å². The van der Waals surface area contributed by atoms with Crippen LogP contribution in [0, 0.1) is 18.3 Å². The standard InChI is InChI=1S/C14H22N2O3/c1-2-3-4-5-10-15-14(19)16-12-8-6-11(7-9-12)13(17)18/h1,11-12H,3-10H2,(H,17,18)(H2,15,16,19). The maximum Gasteiger partial charge on any atom is 0.315 e. The van der Waals surface area contributed by atoms with E-state index in [1.54, 1.807) is 0 Å². The summed E-state index contributed by atoms with van der Waals surface area (Å²) in [5, 5.41) is 14.6. The highest BCUT2D eigenvalue weighted by Gasteiger charge is 2.26. The van der Waals surface area contributed by atoms with Crippen LogP contribution in [0.4, 0.5) is 4.79 Å². The number of amides is 2. The minimum atomic E-state index is -0.726. The Balaban J connectivity index is 2.10. The lowest BCUT2D eigenvalue weighted by Crippen LogP contribution is -2.44. The Bertz CT molecular complexity index is 341. The normalized spacial score (nSPS) is 22.3. The summed E-state index contributed by atoms with van der Waals surface area (Å²) < 4.78 is 0. The van der Waals surface area contributed by atoms with Gasteiger partial charge in [0.25, 0.3) is 0 Å². The van der Waals surface area contributed by atoms with Gasteiger partial charge in [-0.1, -0.05) is 0 Å². The zero-order valence-corrected chi connectivity index (χ0v) is 11.2. The average molecular weight is 266 g/mol. The molecule has 1 fully saturated rings. The fourth-order valence-electron chi connectivity index (χ4n) is 2.28. The van der Waals surface area contributed by atoms with E-state index in [4.69, 9.17) is 11.5 Å². The fraction of sp³-hybridized carbons (Fsp3) is 0.714. The molecule has 1 rings (SSSR count). The molecule has 1 aliphatic rings. The maximum atomic E-state index is 11.6. The number of terminal acetylenes is 1. The summed E-state index contributed by atoms with van der Waals surface area (Å²) in [5.74, 6) is 1.59. The molecule has 19 heavy (non-hydrogen) atoms. The number of rotatable bonds is 6. The van der Waals surface area contributed by atoms with Crippen LogP contribution in [-0.2, 0) is 4.79 Å². The lowest BCUT2D eigenvalue weighted by Gasteiger charge is -2.26. The molecule has 0 saturated heterocycles. The van der Waals surface area contributed by atoms with Crippen molar-refractivity contribution in [2.24, 2.45) is 5.92 Å². The molecular weight excluding hydrogens is 244 g/mol. The van der Waals surface area contributed by atoms with Gasteiger partial charge in [-0.15, -0.1) is 12.3 Å². The molecule has 0 atom stereocenters. The van der Waals surface area contributed by atoms with Crippen LogP contribution >= 0.6 is 0 Å². The molecule has 0 aliphatic heterocycles. The minimum absolute atomic E-state index is 0.0984. The van der Waals surface area contributed by atoms with Crippen molar-refractivity contribution in [3.8, 4) is 12.3 Å². The molecule has 0 aromatic heterocycles. The predicted octanol–water partition coefficient (Wildman–Crippen LogP) is 1.73. The van der Waals surface area contributed by atoms with E-state index in [1.807, 2.05) is 0 Å². The highest BCUT2D eigenvalue weighted by Crippen LogP contribution is 2.24. The number of carboxylic acid groups (broad SMARTS) is 1. The van der Waals surface area contributed by atoms with Crippen LogP contribution in [-0.4, -0.2) is 29.7 Å². The van der Waals surface area contributed by atoms with Gasteiger partial charge in [-0.3, -0.25) is 4.79 Å². The highest BCUT2D eigenvalue weighted by atomic mass is 16.4. The van der Waals surface area contributed by atoms with E-state index in [9.17, 15) is 9.59 Å². The summed E-state index contributed by atoms with van der Waals surface area (Å²) in [4.78, 5) is 22.4. The summed E-state index contributed by atoms with van der Waals surface area (Å²) in [6, 6.07) is -0.0687. The second-order valence-corrected chi connectivity index (χ2v) is 4.95. The van der Waals surface area contributed by atoms with Gasteiger partial charge in [0.1, 0.15) is 0 Å². The van der Waals surface area contributed by atoms with Crippen LogP contribution in [0.15, 0.2) is 0 Å². The maximum absolute atomic E-state index is 11.6. The first kappa shape index (κ1) is 15.4. The number of carbonyl (C=O) groups is 2. The number of unbranched alkanes of at least 4 members (excludes halogenated alkanes) is 2.